The number of rotatable bonds is 6. The minimum atomic E-state index is -0.647. The molecule has 0 aliphatic carbocycles. The van der Waals surface area contributed by atoms with Gasteiger partial charge in [0.25, 0.3) is 0 Å². The summed E-state index contributed by atoms with van der Waals surface area (Å²) in [6.07, 6.45) is 4.29. The molecule has 152 valence electrons. The van der Waals surface area contributed by atoms with Crippen molar-refractivity contribution in [2.45, 2.75) is 25.2 Å². The molecule has 1 N–H and O–H groups in total. The number of hydrogen-bond donors (Lipinski definition) is 1. The molecular weight excluding hydrogens is 390 g/mol. The number of halogens is 1. The second-order valence-electron chi connectivity index (χ2n) is 6.86. The van der Waals surface area contributed by atoms with E-state index in [-0.39, 0.29) is 11.9 Å². The Morgan fingerprint density at radius 2 is 1.76 bits per heavy atom. The molecule has 1 aliphatic rings. The predicted octanol–water partition coefficient (Wildman–Crippen LogP) is 4.60. The minimum absolute atomic E-state index is 0.0575. The van der Waals surface area contributed by atoms with E-state index >= 15 is 0 Å². The van der Waals surface area contributed by atoms with Crippen LogP contribution >= 0.6 is 11.6 Å². The lowest BCUT2D eigenvalue weighted by atomic mass is 9.73. The highest BCUT2D eigenvalue weighted by Crippen LogP contribution is 2.36. The molecule has 1 heterocycles. The van der Waals surface area contributed by atoms with Crippen LogP contribution in [0.15, 0.2) is 54.6 Å². The van der Waals surface area contributed by atoms with E-state index < -0.39 is 5.41 Å². The van der Waals surface area contributed by atoms with Crippen molar-refractivity contribution in [3.05, 3.63) is 70.8 Å². The van der Waals surface area contributed by atoms with Crippen LogP contribution in [0.5, 0.6) is 0 Å². The fourth-order valence-electron chi connectivity index (χ4n) is 3.42. The van der Waals surface area contributed by atoms with Crippen LogP contribution in [-0.4, -0.2) is 31.7 Å². The average Bonchev–Trinajstić information content (AvgIpc) is 2.74. The standard InChI is InChI=1S/C23H24ClNO4/c1-2-29-21(26)12-5-17-3-10-20(11-4-17)25-22(27)23(13-15-28-16-14-23)18-6-8-19(24)9-7-18/h3-12H,2,13-16H2,1H3,(H,25,27). The van der Waals surface area contributed by atoms with Crippen LogP contribution in [0.3, 0.4) is 0 Å². The molecule has 5 nitrogen and oxygen atoms in total. The van der Waals surface area contributed by atoms with Crippen LogP contribution in [0, 0.1) is 0 Å². The average molecular weight is 414 g/mol. The first-order valence-corrected chi connectivity index (χ1v) is 10.0. The Morgan fingerprint density at radius 1 is 1.10 bits per heavy atom. The van der Waals surface area contributed by atoms with Crippen molar-refractivity contribution in [3.63, 3.8) is 0 Å². The number of esters is 1. The number of benzene rings is 2. The summed E-state index contributed by atoms with van der Waals surface area (Å²) in [6.45, 7) is 3.17. The second kappa shape index (κ2) is 9.72. The molecule has 1 fully saturated rings. The topological polar surface area (TPSA) is 64.6 Å². The van der Waals surface area contributed by atoms with Crippen LogP contribution in [0.2, 0.25) is 5.02 Å². The third-order valence-corrected chi connectivity index (χ3v) is 5.30. The number of ether oxygens (including phenoxy) is 2. The van der Waals surface area contributed by atoms with Gasteiger partial charge in [-0.1, -0.05) is 35.9 Å². The molecule has 3 rings (SSSR count). The lowest BCUT2D eigenvalue weighted by Gasteiger charge is -2.36. The molecule has 0 spiro atoms. The quantitative estimate of drug-likeness (QED) is 0.555. The van der Waals surface area contributed by atoms with Gasteiger partial charge in [0.1, 0.15) is 0 Å². The zero-order valence-electron chi connectivity index (χ0n) is 16.3. The normalized spacial score (nSPS) is 15.8. The van der Waals surface area contributed by atoms with E-state index in [4.69, 9.17) is 21.1 Å². The van der Waals surface area contributed by atoms with Crippen LogP contribution in [0.1, 0.15) is 30.9 Å². The van der Waals surface area contributed by atoms with E-state index in [1.165, 1.54) is 6.08 Å². The maximum atomic E-state index is 13.3. The van der Waals surface area contributed by atoms with Crippen LogP contribution < -0.4 is 5.32 Å². The SMILES string of the molecule is CCOC(=O)C=Cc1ccc(NC(=O)C2(c3ccc(Cl)cc3)CCOCC2)cc1. The highest BCUT2D eigenvalue weighted by molar-refractivity contribution is 6.30. The molecule has 0 atom stereocenters. The molecule has 6 heteroatoms. The Bertz CT molecular complexity index is 869. The second-order valence-corrected chi connectivity index (χ2v) is 7.30. The maximum absolute atomic E-state index is 13.3. The van der Waals surface area contributed by atoms with Gasteiger partial charge in [0.15, 0.2) is 0 Å². The third kappa shape index (κ3) is 5.25. The number of nitrogens with one attached hydrogen (secondary N) is 1. The molecule has 1 saturated heterocycles. The molecular formula is C23H24ClNO4. The van der Waals surface area contributed by atoms with Crippen LogP contribution in [-0.2, 0) is 24.5 Å². The molecule has 1 amide bonds. The Labute approximate surface area is 175 Å². The smallest absolute Gasteiger partial charge is 0.330 e. The molecule has 29 heavy (non-hydrogen) atoms. The van der Waals surface area contributed by atoms with Crippen molar-refractivity contribution < 1.29 is 19.1 Å². The largest absolute Gasteiger partial charge is 0.463 e. The van der Waals surface area contributed by atoms with E-state index in [1.807, 2.05) is 48.5 Å². The van der Waals surface area contributed by atoms with Crippen LogP contribution in [0.25, 0.3) is 6.08 Å². The van der Waals surface area contributed by atoms with Crippen molar-refractivity contribution in [3.8, 4) is 0 Å². The van der Waals surface area contributed by atoms with Crippen molar-refractivity contribution in [2.75, 3.05) is 25.1 Å². The summed E-state index contributed by atoms with van der Waals surface area (Å²) in [6, 6.07) is 14.8. The fourth-order valence-corrected chi connectivity index (χ4v) is 3.54. The summed E-state index contributed by atoms with van der Waals surface area (Å²) in [5.74, 6) is -0.438. The summed E-state index contributed by atoms with van der Waals surface area (Å²) < 4.78 is 10.4. The van der Waals surface area contributed by atoms with Gasteiger partial charge in [0.2, 0.25) is 5.91 Å². The first kappa shape index (κ1) is 21.1. The molecule has 0 aromatic heterocycles. The third-order valence-electron chi connectivity index (χ3n) is 5.04. The van der Waals surface area contributed by atoms with Crippen molar-refractivity contribution in [1.29, 1.82) is 0 Å². The van der Waals surface area contributed by atoms with Gasteiger partial charge in [-0.15, -0.1) is 0 Å². The fraction of sp³-hybridized carbons (Fsp3) is 0.304. The zero-order valence-corrected chi connectivity index (χ0v) is 17.1. The minimum Gasteiger partial charge on any atom is -0.463 e. The molecule has 2 aromatic rings. The lowest BCUT2D eigenvalue weighted by Crippen LogP contribution is -2.44. The Kier molecular flexibility index (Phi) is 7.07. The summed E-state index contributed by atoms with van der Waals surface area (Å²) in [7, 11) is 0. The summed E-state index contributed by atoms with van der Waals surface area (Å²) in [5, 5.41) is 3.68. The van der Waals surface area contributed by atoms with Crippen molar-refractivity contribution in [2.24, 2.45) is 0 Å². The van der Waals surface area contributed by atoms with E-state index in [9.17, 15) is 9.59 Å². The first-order chi connectivity index (χ1) is 14.0. The maximum Gasteiger partial charge on any atom is 0.330 e. The molecule has 0 bridgehead atoms. The molecule has 1 aliphatic heterocycles. The van der Waals surface area contributed by atoms with Gasteiger partial charge in [-0.3, -0.25) is 4.79 Å². The van der Waals surface area contributed by atoms with Crippen LogP contribution in [0.4, 0.5) is 5.69 Å². The predicted molar refractivity (Wildman–Crippen MR) is 114 cm³/mol. The molecule has 0 unspecified atom stereocenters. The number of anilines is 1. The van der Waals surface area contributed by atoms with E-state index in [1.54, 1.807) is 13.0 Å². The van der Waals surface area contributed by atoms with Gasteiger partial charge in [-0.05, 0) is 61.2 Å². The van der Waals surface area contributed by atoms with Gasteiger partial charge >= 0.3 is 5.97 Å². The van der Waals surface area contributed by atoms with Gasteiger partial charge in [-0.25, -0.2) is 4.79 Å². The Morgan fingerprint density at radius 3 is 2.38 bits per heavy atom. The van der Waals surface area contributed by atoms with Crippen molar-refractivity contribution >= 4 is 35.2 Å². The zero-order chi connectivity index (χ0) is 20.7. The Balaban J connectivity index is 1.74. The summed E-state index contributed by atoms with van der Waals surface area (Å²) in [5.41, 5.74) is 1.83. The number of hydrogen-bond acceptors (Lipinski definition) is 4. The monoisotopic (exact) mass is 413 g/mol. The van der Waals surface area contributed by atoms with Gasteiger partial charge in [0.05, 0.1) is 12.0 Å². The van der Waals surface area contributed by atoms with E-state index in [2.05, 4.69) is 5.32 Å². The van der Waals surface area contributed by atoms with Gasteiger partial charge in [-0.2, -0.15) is 0 Å². The van der Waals surface area contributed by atoms with Gasteiger partial charge < -0.3 is 14.8 Å². The molecule has 0 saturated carbocycles. The number of amides is 1. The van der Waals surface area contributed by atoms with Gasteiger partial charge in [0, 0.05) is 30.0 Å². The summed E-state index contributed by atoms with van der Waals surface area (Å²) in [4.78, 5) is 24.7. The molecule has 2 aromatic carbocycles. The first-order valence-electron chi connectivity index (χ1n) is 9.64. The van der Waals surface area contributed by atoms with E-state index in [0.29, 0.717) is 43.4 Å². The lowest BCUT2D eigenvalue weighted by molar-refractivity contribution is -0.137. The highest BCUT2D eigenvalue weighted by Gasteiger charge is 2.41. The van der Waals surface area contributed by atoms with E-state index in [0.717, 1.165) is 11.1 Å². The molecule has 0 radical (unpaired) electrons. The number of carbonyl (C=O) groups excluding carboxylic acids is 2. The van der Waals surface area contributed by atoms with Crippen molar-refractivity contribution in [1.82, 2.24) is 0 Å². The number of carbonyl (C=O) groups is 2. The highest BCUT2D eigenvalue weighted by atomic mass is 35.5. The Hall–Kier alpha value is -2.63. The summed E-state index contributed by atoms with van der Waals surface area (Å²) >= 11 is 6.02.